The summed E-state index contributed by atoms with van der Waals surface area (Å²) in [7, 11) is 0. The van der Waals surface area contributed by atoms with Crippen LogP contribution in [0.5, 0.6) is 0 Å². The molecule has 0 saturated heterocycles. The second-order valence-corrected chi connectivity index (χ2v) is 3.87. The zero-order valence-corrected chi connectivity index (χ0v) is 8.25. The first-order valence-electron chi connectivity index (χ1n) is 4.79. The van der Waals surface area contributed by atoms with E-state index in [2.05, 4.69) is 5.32 Å². The van der Waals surface area contributed by atoms with E-state index in [1.54, 1.807) is 6.92 Å². The number of hydrogen-bond donors (Lipinski definition) is 3. The molecule has 14 heavy (non-hydrogen) atoms. The van der Waals surface area contributed by atoms with Crippen molar-refractivity contribution in [2.45, 2.75) is 44.2 Å². The fourth-order valence-corrected chi connectivity index (χ4v) is 1.72. The van der Waals surface area contributed by atoms with Crippen LogP contribution in [-0.2, 0) is 9.59 Å². The van der Waals surface area contributed by atoms with Gasteiger partial charge in [0.15, 0.2) is 0 Å². The molecule has 0 aromatic heterocycles. The zero-order valence-electron chi connectivity index (χ0n) is 8.25. The minimum absolute atomic E-state index is 0.394. The number of aliphatic carboxylic acids is 1. The molecule has 1 saturated carbocycles. The maximum Gasteiger partial charge on any atom is 0.329 e. The highest BCUT2D eigenvalue weighted by Crippen LogP contribution is 2.29. The fourth-order valence-electron chi connectivity index (χ4n) is 1.72. The van der Waals surface area contributed by atoms with Crippen LogP contribution in [0.2, 0.25) is 0 Å². The lowest BCUT2D eigenvalue weighted by Gasteiger charge is -2.26. The molecule has 4 N–H and O–H groups in total. The van der Waals surface area contributed by atoms with E-state index >= 15 is 0 Å². The molecule has 5 heteroatoms. The van der Waals surface area contributed by atoms with Gasteiger partial charge in [0.1, 0.15) is 5.54 Å². The summed E-state index contributed by atoms with van der Waals surface area (Å²) in [5, 5.41) is 11.6. The Hall–Kier alpha value is -1.10. The molecule has 0 radical (unpaired) electrons. The number of carbonyl (C=O) groups excluding carboxylic acids is 1. The van der Waals surface area contributed by atoms with Crippen LogP contribution >= 0.6 is 0 Å². The van der Waals surface area contributed by atoms with Gasteiger partial charge in [-0.2, -0.15) is 0 Å². The van der Waals surface area contributed by atoms with Crippen LogP contribution in [0, 0.1) is 0 Å². The van der Waals surface area contributed by atoms with Crippen molar-refractivity contribution in [2.24, 2.45) is 5.73 Å². The number of amides is 1. The van der Waals surface area contributed by atoms with E-state index in [9.17, 15) is 9.59 Å². The molecule has 0 aliphatic heterocycles. The molecule has 0 spiro atoms. The van der Waals surface area contributed by atoms with E-state index in [-0.39, 0.29) is 0 Å². The Labute approximate surface area is 82.7 Å². The van der Waals surface area contributed by atoms with Crippen molar-refractivity contribution in [3.8, 4) is 0 Å². The lowest BCUT2D eigenvalue weighted by atomic mass is 9.97. The van der Waals surface area contributed by atoms with Gasteiger partial charge >= 0.3 is 5.97 Å². The van der Waals surface area contributed by atoms with Crippen molar-refractivity contribution in [3.63, 3.8) is 0 Å². The van der Waals surface area contributed by atoms with Crippen LogP contribution < -0.4 is 11.1 Å². The Morgan fingerprint density at radius 1 is 1.43 bits per heavy atom. The number of rotatable bonds is 3. The van der Waals surface area contributed by atoms with Gasteiger partial charge in [0.2, 0.25) is 5.91 Å². The summed E-state index contributed by atoms with van der Waals surface area (Å²) in [6.07, 6.45) is 2.68. The van der Waals surface area contributed by atoms with Gasteiger partial charge in [-0.15, -0.1) is 0 Å². The number of carboxylic acids is 1. The van der Waals surface area contributed by atoms with Crippen molar-refractivity contribution < 1.29 is 14.7 Å². The second-order valence-electron chi connectivity index (χ2n) is 3.87. The van der Waals surface area contributed by atoms with Crippen LogP contribution in [0.25, 0.3) is 0 Å². The van der Waals surface area contributed by atoms with Crippen LogP contribution in [0.1, 0.15) is 32.6 Å². The normalized spacial score (nSPS) is 21.6. The van der Waals surface area contributed by atoms with E-state index < -0.39 is 23.5 Å². The Morgan fingerprint density at radius 3 is 2.29 bits per heavy atom. The van der Waals surface area contributed by atoms with Gasteiger partial charge in [0.25, 0.3) is 0 Å². The summed E-state index contributed by atoms with van der Waals surface area (Å²) in [6.45, 7) is 1.54. The quantitative estimate of drug-likeness (QED) is 0.590. The summed E-state index contributed by atoms with van der Waals surface area (Å²) in [5.41, 5.74) is 4.30. The maximum atomic E-state index is 11.3. The molecular weight excluding hydrogens is 184 g/mol. The van der Waals surface area contributed by atoms with Crippen LogP contribution in [0.3, 0.4) is 0 Å². The van der Waals surface area contributed by atoms with Gasteiger partial charge in [-0.25, -0.2) is 4.79 Å². The van der Waals surface area contributed by atoms with Gasteiger partial charge in [-0.1, -0.05) is 12.8 Å². The second kappa shape index (κ2) is 3.96. The lowest BCUT2D eigenvalue weighted by molar-refractivity contribution is -0.147. The molecule has 1 aliphatic rings. The molecule has 80 valence electrons. The largest absolute Gasteiger partial charge is 0.480 e. The number of nitrogens with two attached hydrogens (primary N) is 1. The van der Waals surface area contributed by atoms with Gasteiger partial charge in [-0.3, -0.25) is 4.79 Å². The van der Waals surface area contributed by atoms with E-state index in [1.165, 1.54) is 0 Å². The summed E-state index contributed by atoms with van der Waals surface area (Å²) >= 11 is 0. The highest BCUT2D eigenvalue weighted by atomic mass is 16.4. The monoisotopic (exact) mass is 200 g/mol. The predicted molar refractivity (Wildman–Crippen MR) is 50.6 cm³/mol. The van der Waals surface area contributed by atoms with Crippen molar-refractivity contribution in [3.05, 3.63) is 0 Å². The van der Waals surface area contributed by atoms with Crippen molar-refractivity contribution >= 4 is 11.9 Å². The van der Waals surface area contributed by atoms with Crippen molar-refractivity contribution in [2.75, 3.05) is 0 Å². The highest BCUT2D eigenvalue weighted by Gasteiger charge is 2.42. The van der Waals surface area contributed by atoms with Gasteiger partial charge in [0.05, 0.1) is 6.04 Å². The Morgan fingerprint density at radius 2 is 1.93 bits per heavy atom. The third-order valence-corrected chi connectivity index (χ3v) is 2.64. The third-order valence-electron chi connectivity index (χ3n) is 2.64. The smallest absolute Gasteiger partial charge is 0.329 e. The average molecular weight is 200 g/mol. The van der Waals surface area contributed by atoms with Gasteiger partial charge < -0.3 is 16.2 Å². The van der Waals surface area contributed by atoms with E-state index in [1.807, 2.05) is 0 Å². The van der Waals surface area contributed by atoms with Gasteiger partial charge in [0, 0.05) is 0 Å². The molecule has 0 bridgehead atoms. The van der Waals surface area contributed by atoms with Crippen LogP contribution in [-0.4, -0.2) is 28.6 Å². The molecule has 1 fully saturated rings. The van der Waals surface area contributed by atoms with Crippen LogP contribution in [0.4, 0.5) is 0 Å². The summed E-state index contributed by atoms with van der Waals surface area (Å²) in [4.78, 5) is 22.3. The summed E-state index contributed by atoms with van der Waals surface area (Å²) in [6, 6.07) is -0.660. The summed E-state index contributed by atoms with van der Waals surface area (Å²) in [5.74, 6) is -1.35. The number of nitrogens with one attached hydrogen (secondary N) is 1. The topological polar surface area (TPSA) is 92.4 Å². The van der Waals surface area contributed by atoms with Crippen molar-refractivity contribution in [1.29, 1.82) is 0 Å². The molecular formula is C9H16N2O3. The van der Waals surface area contributed by atoms with E-state index in [0.29, 0.717) is 12.8 Å². The number of carboxylic acid groups (broad SMARTS) is 1. The van der Waals surface area contributed by atoms with Crippen LogP contribution in [0.15, 0.2) is 0 Å². The third kappa shape index (κ3) is 2.04. The zero-order chi connectivity index (χ0) is 10.8. The standard InChI is InChI=1S/C9H16N2O3/c1-6(10)7(12)11-9(8(13)14)4-2-3-5-9/h6H,2-5,10H2,1H3,(H,11,12)(H,13,14). The fraction of sp³-hybridized carbons (Fsp3) is 0.778. The summed E-state index contributed by atoms with van der Waals surface area (Å²) < 4.78 is 0. The van der Waals surface area contributed by atoms with Gasteiger partial charge in [-0.05, 0) is 19.8 Å². The van der Waals surface area contributed by atoms with E-state index in [0.717, 1.165) is 12.8 Å². The van der Waals surface area contributed by atoms with E-state index in [4.69, 9.17) is 10.8 Å². The molecule has 1 aliphatic carbocycles. The Balaban J connectivity index is 2.70. The molecule has 5 nitrogen and oxygen atoms in total. The first kappa shape index (κ1) is 11.0. The number of carbonyl (C=O) groups is 2. The maximum absolute atomic E-state index is 11.3. The Bertz CT molecular complexity index is 244. The molecule has 1 unspecified atom stereocenters. The minimum Gasteiger partial charge on any atom is -0.480 e. The predicted octanol–water partition coefficient (Wildman–Crippen LogP) is -0.153. The highest BCUT2D eigenvalue weighted by molar-refractivity contribution is 5.89. The molecule has 1 atom stereocenters. The average Bonchev–Trinajstić information content (AvgIpc) is 2.53. The number of hydrogen-bond acceptors (Lipinski definition) is 3. The first-order valence-corrected chi connectivity index (χ1v) is 4.79. The SMILES string of the molecule is CC(N)C(=O)NC1(C(=O)O)CCCC1. The molecule has 0 aromatic carbocycles. The lowest BCUT2D eigenvalue weighted by Crippen LogP contribution is -2.56. The molecule has 1 amide bonds. The molecule has 0 aromatic rings. The molecule has 0 heterocycles. The first-order chi connectivity index (χ1) is 6.48. The van der Waals surface area contributed by atoms with Crippen molar-refractivity contribution in [1.82, 2.24) is 5.32 Å². The Kier molecular flexibility index (Phi) is 3.10. The molecule has 1 rings (SSSR count). The minimum atomic E-state index is -1.06.